The van der Waals surface area contributed by atoms with Crippen LogP contribution in [0.3, 0.4) is 0 Å². The lowest BCUT2D eigenvalue weighted by atomic mass is 9.90. The van der Waals surface area contributed by atoms with E-state index in [9.17, 15) is 9.90 Å². The molecule has 29 heavy (non-hydrogen) atoms. The van der Waals surface area contributed by atoms with Crippen molar-refractivity contribution in [1.82, 2.24) is 0 Å². The Balaban J connectivity index is 1.57. The van der Waals surface area contributed by atoms with E-state index >= 15 is 0 Å². The predicted molar refractivity (Wildman–Crippen MR) is 118 cm³/mol. The van der Waals surface area contributed by atoms with Gasteiger partial charge in [0.1, 0.15) is 4.88 Å². The number of hydrogen-bond donors (Lipinski definition) is 1. The monoisotopic (exact) mass is 430 g/mol. The molecule has 1 saturated carbocycles. The van der Waals surface area contributed by atoms with Crippen LogP contribution in [0.4, 0.5) is 0 Å². The Morgan fingerprint density at radius 1 is 1.28 bits per heavy atom. The largest absolute Gasteiger partial charge is 0.459 e. The second kappa shape index (κ2) is 10.3. The van der Waals surface area contributed by atoms with Crippen LogP contribution in [0.5, 0.6) is 0 Å². The van der Waals surface area contributed by atoms with Crippen LogP contribution in [0.1, 0.15) is 53.2 Å². The van der Waals surface area contributed by atoms with E-state index in [1.54, 1.807) is 0 Å². The lowest BCUT2D eigenvalue weighted by Crippen LogP contribution is -2.19. The third kappa shape index (κ3) is 6.09. The fourth-order valence-electron chi connectivity index (χ4n) is 3.72. The molecule has 0 radical (unpaired) electrons. The summed E-state index contributed by atoms with van der Waals surface area (Å²) in [7, 11) is 0. The summed E-state index contributed by atoms with van der Waals surface area (Å²) in [6.07, 6.45) is 2.74. The van der Waals surface area contributed by atoms with Crippen LogP contribution in [-0.4, -0.2) is 28.7 Å². The molecule has 2 aromatic rings. The third-order valence-electron chi connectivity index (χ3n) is 5.13. The van der Waals surface area contributed by atoms with Crippen molar-refractivity contribution in [2.45, 2.75) is 57.1 Å². The van der Waals surface area contributed by atoms with E-state index in [1.807, 2.05) is 56.3 Å². The summed E-state index contributed by atoms with van der Waals surface area (Å²) >= 11 is 8.03. The van der Waals surface area contributed by atoms with Gasteiger partial charge in [0.25, 0.3) is 0 Å². The Morgan fingerprint density at radius 3 is 2.76 bits per heavy atom. The molecule has 0 spiro atoms. The Morgan fingerprint density at radius 2 is 2.03 bits per heavy atom. The fourth-order valence-corrected chi connectivity index (χ4v) is 5.12. The fraction of sp³-hybridized carbons (Fsp3) is 0.458. The smallest absolute Gasteiger partial charge is 0.348 e. The minimum absolute atomic E-state index is 0.0556. The average molecular weight is 431 g/mol. The third-order valence-corrected chi connectivity index (χ3v) is 6.76. The van der Waals surface area contributed by atoms with Crippen molar-refractivity contribution in [1.29, 1.82) is 0 Å². The molecule has 0 bridgehead atoms. The topological polar surface area (TPSA) is 46.5 Å². The molecule has 3 rings (SSSR count). The number of aryl methyl sites for hydroxylation is 1. The van der Waals surface area contributed by atoms with Gasteiger partial charge in [-0.15, -0.1) is 22.9 Å². The highest BCUT2D eigenvalue weighted by molar-refractivity contribution is 7.13. The molecule has 5 heteroatoms. The highest BCUT2D eigenvalue weighted by Crippen LogP contribution is 2.39. The highest BCUT2D eigenvalue weighted by atomic mass is 35.5. The molecule has 0 unspecified atom stereocenters. The predicted octanol–water partition coefficient (Wildman–Crippen LogP) is 5.29. The first-order chi connectivity index (χ1) is 13.9. The number of benzene rings is 1. The van der Waals surface area contributed by atoms with Gasteiger partial charge in [-0.05, 0) is 69.7 Å². The van der Waals surface area contributed by atoms with Crippen LogP contribution in [0, 0.1) is 23.7 Å². The van der Waals surface area contributed by atoms with Gasteiger partial charge in [-0.2, -0.15) is 0 Å². The van der Waals surface area contributed by atoms with Crippen molar-refractivity contribution in [3.63, 3.8) is 0 Å². The van der Waals surface area contributed by atoms with Gasteiger partial charge in [0.2, 0.25) is 0 Å². The van der Waals surface area contributed by atoms with Gasteiger partial charge >= 0.3 is 5.97 Å². The van der Waals surface area contributed by atoms with Gasteiger partial charge in [-0.1, -0.05) is 30.0 Å². The first-order valence-corrected chi connectivity index (χ1v) is 11.4. The normalized spacial score (nSPS) is 23.6. The van der Waals surface area contributed by atoms with Crippen LogP contribution < -0.4 is 0 Å². The second-order valence-corrected chi connectivity index (χ2v) is 9.49. The number of carbonyl (C=O) groups is 1. The van der Waals surface area contributed by atoms with E-state index in [-0.39, 0.29) is 29.3 Å². The van der Waals surface area contributed by atoms with Crippen molar-refractivity contribution in [2.75, 3.05) is 0 Å². The molecule has 1 fully saturated rings. The summed E-state index contributed by atoms with van der Waals surface area (Å²) in [5.74, 6) is 6.28. The van der Waals surface area contributed by atoms with E-state index < -0.39 is 6.10 Å². The highest BCUT2D eigenvalue weighted by Gasteiger charge is 2.40. The molecule has 154 valence electrons. The maximum Gasteiger partial charge on any atom is 0.348 e. The van der Waals surface area contributed by atoms with Crippen molar-refractivity contribution in [2.24, 2.45) is 11.8 Å². The number of thiophene rings is 1. The molecule has 1 aliphatic carbocycles. The number of carbonyl (C=O) groups excluding carboxylic acids is 1. The Bertz CT molecular complexity index is 865. The van der Waals surface area contributed by atoms with Gasteiger partial charge in [0.05, 0.1) is 18.1 Å². The number of aliphatic hydroxyl groups excluding tert-OH is 1. The summed E-state index contributed by atoms with van der Waals surface area (Å²) in [6, 6.07) is 13.7. The van der Waals surface area contributed by atoms with E-state index in [1.165, 1.54) is 11.3 Å². The molecule has 0 saturated heterocycles. The summed E-state index contributed by atoms with van der Waals surface area (Å²) in [4.78, 5) is 13.8. The standard InChI is InChI=1S/C24H27ClO3S/c1-16(2)28-24(27)23-14-12-18(29-23)9-6-10-19-20(22(26)15-21(19)25)13-11-17-7-4-3-5-8-17/h3-5,7-8,12,14,16,19-22,26H,6,9-10,15H2,1-2H3/t19-,20-,21+,22-/m1/s1. The van der Waals surface area contributed by atoms with E-state index in [0.717, 1.165) is 29.7 Å². The molecule has 1 aromatic heterocycles. The second-order valence-electron chi connectivity index (χ2n) is 7.76. The van der Waals surface area contributed by atoms with Crippen molar-refractivity contribution >= 4 is 28.9 Å². The molecule has 4 atom stereocenters. The zero-order chi connectivity index (χ0) is 20.8. The maximum atomic E-state index is 12.0. The number of ether oxygens (including phenoxy) is 1. The molecule has 3 nitrogen and oxygen atoms in total. The van der Waals surface area contributed by atoms with Crippen molar-refractivity contribution < 1.29 is 14.6 Å². The molecule has 1 aliphatic rings. The van der Waals surface area contributed by atoms with E-state index in [0.29, 0.717) is 11.3 Å². The van der Waals surface area contributed by atoms with Crippen LogP contribution in [0.25, 0.3) is 0 Å². The number of alkyl halides is 1. The number of aliphatic hydroxyl groups is 1. The van der Waals surface area contributed by atoms with Gasteiger partial charge < -0.3 is 9.84 Å². The summed E-state index contributed by atoms with van der Waals surface area (Å²) in [5.41, 5.74) is 0.955. The van der Waals surface area contributed by atoms with Crippen molar-refractivity contribution in [3.8, 4) is 11.8 Å². The zero-order valence-corrected chi connectivity index (χ0v) is 18.4. The Hall–Kier alpha value is -1.80. The van der Waals surface area contributed by atoms with Gasteiger partial charge in [-0.3, -0.25) is 0 Å². The van der Waals surface area contributed by atoms with Crippen LogP contribution in [0.15, 0.2) is 42.5 Å². The maximum absolute atomic E-state index is 12.0. The molecule has 1 heterocycles. The summed E-state index contributed by atoms with van der Waals surface area (Å²) in [5, 5.41) is 10.4. The van der Waals surface area contributed by atoms with E-state index in [2.05, 4.69) is 11.8 Å². The zero-order valence-electron chi connectivity index (χ0n) is 16.8. The Labute approximate surface area is 182 Å². The van der Waals surface area contributed by atoms with Crippen LogP contribution >= 0.6 is 22.9 Å². The quantitative estimate of drug-likeness (QED) is 0.384. The molecular formula is C24H27ClO3S. The van der Waals surface area contributed by atoms with Gasteiger partial charge in [0, 0.05) is 15.8 Å². The summed E-state index contributed by atoms with van der Waals surface area (Å²) < 4.78 is 5.25. The van der Waals surface area contributed by atoms with E-state index in [4.69, 9.17) is 16.3 Å². The van der Waals surface area contributed by atoms with Gasteiger partial charge in [0.15, 0.2) is 0 Å². The number of rotatable bonds is 6. The first-order valence-electron chi connectivity index (χ1n) is 10.1. The molecule has 1 aromatic carbocycles. The molecular weight excluding hydrogens is 404 g/mol. The lowest BCUT2D eigenvalue weighted by Gasteiger charge is -2.18. The molecule has 0 aliphatic heterocycles. The van der Waals surface area contributed by atoms with Crippen molar-refractivity contribution in [3.05, 3.63) is 57.8 Å². The first kappa shape index (κ1) is 21.9. The van der Waals surface area contributed by atoms with Crippen LogP contribution in [-0.2, 0) is 11.2 Å². The summed E-state index contributed by atoms with van der Waals surface area (Å²) in [6.45, 7) is 3.70. The number of esters is 1. The molecule has 0 amide bonds. The lowest BCUT2D eigenvalue weighted by molar-refractivity contribution is 0.0384. The molecule has 1 N–H and O–H groups in total. The average Bonchev–Trinajstić information content (AvgIpc) is 3.25. The minimum Gasteiger partial charge on any atom is -0.459 e. The SMILES string of the molecule is CC(C)OC(=O)c1ccc(CCC[C@@H]2[C@@H](C#Cc3ccccc3)[C@H](O)C[C@@H]2Cl)s1. The van der Waals surface area contributed by atoms with Gasteiger partial charge in [-0.25, -0.2) is 4.79 Å². The minimum atomic E-state index is -0.474. The Kier molecular flexibility index (Phi) is 7.77. The van der Waals surface area contributed by atoms with Crippen LogP contribution in [0.2, 0.25) is 0 Å². The number of halogens is 1. The number of hydrogen-bond acceptors (Lipinski definition) is 4.